The van der Waals surface area contributed by atoms with Crippen LogP contribution in [0.15, 0.2) is 27.2 Å². The van der Waals surface area contributed by atoms with E-state index < -0.39 is 57.1 Å². The molecule has 0 spiro atoms. The third kappa shape index (κ3) is 4.80. The zero-order chi connectivity index (χ0) is 24.7. The van der Waals surface area contributed by atoms with E-state index in [1.807, 2.05) is 0 Å². The molecule has 13 nitrogen and oxygen atoms in total. The van der Waals surface area contributed by atoms with Gasteiger partial charge in [0, 0.05) is 18.1 Å². The molecule has 4 heterocycles. The number of carbonyl (C=O) groups is 3. The Morgan fingerprint density at radius 1 is 1.38 bits per heavy atom. The Hall–Kier alpha value is -2.18. The first kappa shape index (κ1) is 24.9. The van der Waals surface area contributed by atoms with Crippen molar-refractivity contribution in [1.82, 2.24) is 15.1 Å². The minimum absolute atomic E-state index is 0.0474. The fourth-order valence-corrected chi connectivity index (χ4v) is 7.49. The number of carboxylic acids is 1. The number of anilines is 1. The van der Waals surface area contributed by atoms with E-state index >= 15 is 0 Å². The van der Waals surface area contributed by atoms with Gasteiger partial charge in [-0.15, -0.1) is 33.3 Å². The first-order valence-corrected chi connectivity index (χ1v) is 14.1. The second-order valence-electron chi connectivity index (χ2n) is 7.55. The zero-order valence-electron chi connectivity index (χ0n) is 17.1. The average molecular weight is 551 g/mol. The number of thioether (sulfide) groups is 2. The van der Waals surface area contributed by atoms with Crippen LogP contribution in [0.3, 0.4) is 0 Å². The molecule has 0 radical (unpaired) electrons. The van der Waals surface area contributed by atoms with Crippen molar-refractivity contribution >= 4 is 67.8 Å². The van der Waals surface area contributed by atoms with E-state index in [1.165, 1.54) is 32.9 Å². The average Bonchev–Trinajstić information content (AvgIpc) is 3.46. The maximum absolute atomic E-state index is 13.0. The number of carboxylic acid groups (broad SMARTS) is 1. The molecule has 2 amide bonds. The van der Waals surface area contributed by atoms with Crippen LogP contribution in [0.2, 0.25) is 0 Å². The summed E-state index contributed by atoms with van der Waals surface area (Å²) in [5, 5.41) is 28.2. The van der Waals surface area contributed by atoms with Gasteiger partial charge in [0.05, 0.1) is 5.00 Å². The van der Waals surface area contributed by atoms with Gasteiger partial charge < -0.3 is 19.5 Å². The van der Waals surface area contributed by atoms with Gasteiger partial charge in [-0.2, -0.15) is 8.42 Å². The Kier molecular flexibility index (Phi) is 6.94. The Bertz CT molecular complexity index is 1200. The Morgan fingerprint density at radius 2 is 2.15 bits per heavy atom. The standard InChI is InChI=1S/C17H18N4O9S4/c22-4-10(23)21(11-2-1-3-31-11)12-13(24)20-6-17(15(25)26,7-32-14(12)20)8-33-16-19-18-9(30-16)5-34(27,28)29/h1-3,12,14,22H,4-8H2,(H,25,26)(H,27,28,29)/t12?,14-,17?/m1/s1. The summed E-state index contributed by atoms with van der Waals surface area (Å²) in [5.41, 5.74) is -1.36. The number of β-lactam (4-membered cyclic amide) rings is 1. The quantitative estimate of drug-likeness (QED) is 0.215. The number of aliphatic hydroxyl groups is 1. The SMILES string of the molecule is O=C(CO)N(c1cccs1)C1C(=O)N2CC(CSc3nnc(CS(=O)(=O)O)o3)(C(=O)O)CS[C@H]12. The summed E-state index contributed by atoms with van der Waals surface area (Å²) in [6, 6.07) is 2.54. The number of fused-ring (bicyclic) bond motifs is 1. The number of aliphatic hydroxyl groups excluding tert-OH is 1. The first-order valence-electron chi connectivity index (χ1n) is 9.57. The summed E-state index contributed by atoms with van der Waals surface area (Å²) in [6.45, 7) is -0.877. The highest BCUT2D eigenvalue weighted by Gasteiger charge is 2.59. The summed E-state index contributed by atoms with van der Waals surface area (Å²) < 4.78 is 35.9. The predicted molar refractivity (Wildman–Crippen MR) is 121 cm³/mol. The van der Waals surface area contributed by atoms with Crippen LogP contribution in [0.25, 0.3) is 0 Å². The van der Waals surface area contributed by atoms with Crippen LogP contribution in [-0.4, -0.2) is 92.1 Å². The van der Waals surface area contributed by atoms with Crippen molar-refractivity contribution in [1.29, 1.82) is 0 Å². The van der Waals surface area contributed by atoms with Crippen molar-refractivity contribution in [3.05, 3.63) is 23.4 Å². The molecule has 0 bridgehead atoms. The highest BCUT2D eigenvalue weighted by Crippen LogP contribution is 2.46. The monoisotopic (exact) mass is 550 g/mol. The minimum atomic E-state index is -4.36. The van der Waals surface area contributed by atoms with Crippen molar-refractivity contribution in [2.45, 2.75) is 22.4 Å². The van der Waals surface area contributed by atoms with Crippen molar-refractivity contribution in [3.63, 3.8) is 0 Å². The van der Waals surface area contributed by atoms with E-state index in [1.54, 1.807) is 17.5 Å². The van der Waals surface area contributed by atoms with Gasteiger partial charge in [-0.3, -0.25) is 23.8 Å². The molecule has 2 aliphatic rings. The molecular formula is C17H18N4O9S4. The van der Waals surface area contributed by atoms with E-state index in [0.29, 0.717) is 5.00 Å². The van der Waals surface area contributed by atoms with Crippen molar-refractivity contribution in [2.24, 2.45) is 5.41 Å². The number of hydrogen-bond acceptors (Lipinski definition) is 12. The van der Waals surface area contributed by atoms with Gasteiger partial charge in [0.2, 0.25) is 11.8 Å². The van der Waals surface area contributed by atoms with Gasteiger partial charge in [-0.1, -0.05) is 11.8 Å². The molecule has 3 atom stereocenters. The van der Waals surface area contributed by atoms with Gasteiger partial charge in [-0.25, -0.2) is 0 Å². The molecule has 2 aromatic rings. The first-order chi connectivity index (χ1) is 16.0. The summed E-state index contributed by atoms with van der Waals surface area (Å²) in [6.07, 6.45) is 0. The molecule has 17 heteroatoms. The third-order valence-electron chi connectivity index (χ3n) is 5.22. The largest absolute Gasteiger partial charge is 0.481 e. The lowest BCUT2D eigenvalue weighted by Crippen LogP contribution is -2.75. The second kappa shape index (κ2) is 9.46. The molecule has 4 rings (SSSR count). The molecular weight excluding hydrogens is 532 g/mol. The number of carbonyl (C=O) groups excluding carboxylic acids is 2. The molecule has 184 valence electrons. The smallest absolute Gasteiger partial charge is 0.313 e. The van der Waals surface area contributed by atoms with Crippen LogP contribution in [0, 0.1) is 5.41 Å². The molecule has 2 aliphatic heterocycles. The lowest BCUT2D eigenvalue weighted by atomic mass is 9.89. The molecule has 34 heavy (non-hydrogen) atoms. The van der Waals surface area contributed by atoms with Gasteiger partial charge in [-0.05, 0) is 17.5 Å². The number of rotatable bonds is 9. The maximum Gasteiger partial charge on any atom is 0.313 e. The van der Waals surface area contributed by atoms with Crippen LogP contribution in [0.4, 0.5) is 5.00 Å². The molecule has 2 unspecified atom stereocenters. The summed E-state index contributed by atoms with van der Waals surface area (Å²) in [5.74, 6) is -3.30. The van der Waals surface area contributed by atoms with Crippen LogP contribution in [0.1, 0.15) is 5.89 Å². The molecule has 0 saturated carbocycles. The Labute approximate surface area is 205 Å². The van der Waals surface area contributed by atoms with E-state index in [4.69, 9.17) is 8.97 Å². The van der Waals surface area contributed by atoms with Gasteiger partial charge >= 0.3 is 5.97 Å². The second-order valence-corrected chi connectivity index (χ2v) is 12.0. The topological polar surface area (TPSA) is 191 Å². The predicted octanol–water partition coefficient (Wildman–Crippen LogP) is -0.00880. The zero-order valence-corrected chi connectivity index (χ0v) is 20.4. The summed E-state index contributed by atoms with van der Waals surface area (Å²) >= 11 is 3.37. The number of thiophene rings is 1. The molecule has 0 aromatic carbocycles. The molecule has 2 aromatic heterocycles. The number of nitrogens with zero attached hydrogens (tertiary/aromatic N) is 4. The number of amides is 2. The third-order valence-corrected chi connectivity index (χ3v) is 9.38. The van der Waals surface area contributed by atoms with Crippen molar-refractivity contribution < 1.29 is 42.0 Å². The molecule has 0 aliphatic carbocycles. The summed E-state index contributed by atoms with van der Waals surface area (Å²) in [7, 11) is -4.36. The number of aromatic nitrogens is 2. The lowest BCUT2D eigenvalue weighted by molar-refractivity contribution is -0.156. The highest BCUT2D eigenvalue weighted by atomic mass is 32.2. The van der Waals surface area contributed by atoms with Crippen LogP contribution >= 0.6 is 34.9 Å². The van der Waals surface area contributed by atoms with Crippen molar-refractivity contribution in [2.75, 3.05) is 29.6 Å². The van der Waals surface area contributed by atoms with Crippen LogP contribution in [0.5, 0.6) is 0 Å². The van der Waals surface area contributed by atoms with Crippen molar-refractivity contribution in [3.8, 4) is 0 Å². The van der Waals surface area contributed by atoms with Gasteiger partial charge in [0.1, 0.15) is 23.4 Å². The highest BCUT2D eigenvalue weighted by molar-refractivity contribution is 8.00. The van der Waals surface area contributed by atoms with E-state index in [0.717, 1.165) is 11.8 Å². The molecule has 3 N–H and O–H groups in total. The van der Waals surface area contributed by atoms with Gasteiger partial charge in [0.25, 0.3) is 21.2 Å². The minimum Gasteiger partial charge on any atom is -0.481 e. The fraction of sp³-hybridized carbons (Fsp3) is 0.471. The van der Waals surface area contributed by atoms with Crippen LogP contribution in [-0.2, 0) is 30.3 Å². The molecule has 2 fully saturated rings. The number of hydrogen-bond donors (Lipinski definition) is 3. The Balaban J connectivity index is 1.47. The maximum atomic E-state index is 13.0. The van der Waals surface area contributed by atoms with E-state index in [-0.39, 0.29) is 29.2 Å². The number of aliphatic carboxylic acids is 1. The summed E-state index contributed by atoms with van der Waals surface area (Å²) in [4.78, 5) is 40.2. The Morgan fingerprint density at radius 3 is 2.76 bits per heavy atom. The lowest BCUT2D eigenvalue weighted by Gasteiger charge is -2.55. The van der Waals surface area contributed by atoms with E-state index in [9.17, 15) is 33.0 Å². The van der Waals surface area contributed by atoms with Gasteiger partial charge in [0.15, 0.2) is 5.75 Å². The normalized spacial score (nSPS) is 24.4. The van der Waals surface area contributed by atoms with Crippen LogP contribution < -0.4 is 4.90 Å². The van der Waals surface area contributed by atoms with E-state index in [2.05, 4.69) is 10.2 Å². The fourth-order valence-electron chi connectivity index (χ4n) is 3.60. The molecule has 2 saturated heterocycles.